The summed E-state index contributed by atoms with van der Waals surface area (Å²) in [6.45, 7) is 2.27. The fourth-order valence-electron chi connectivity index (χ4n) is 5.63. The standard InChI is InChI=1S/C30H25.2ClH.Zr/c1-2-3-9-20-16-17-22(18-20)24-14-8-15-27-29(24)26-13-7-6-12-25(26)28-19-21-10-4-5-11-23(21)30(27)28;;;/h4-8,10-11,13-18,22H,2-3,9,19H2,1H3;2*1H;/q;;;+2/p-2. The largest absolute Gasteiger partial charge is 1.00 e. The molecule has 0 saturated carbocycles. The van der Waals surface area contributed by atoms with Crippen LogP contribution in [0, 0.1) is 0 Å². The Morgan fingerprint density at radius 2 is 1.67 bits per heavy atom. The van der Waals surface area contributed by atoms with E-state index in [9.17, 15) is 0 Å². The second-order valence-corrected chi connectivity index (χ2v) is 10.2. The Bertz CT molecular complexity index is 1410. The van der Waals surface area contributed by atoms with Crippen molar-refractivity contribution in [3.05, 3.63) is 101 Å². The Kier molecular flexibility index (Phi) is 7.35. The molecular formula is C30H25Cl2Zr. The van der Waals surface area contributed by atoms with Gasteiger partial charge in [-0.1, -0.05) is 0 Å². The van der Waals surface area contributed by atoms with E-state index in [1.807, 2.05) is 0 Å². The van der Waals surface area contributed by atoms with Crippen LogP contribution in [0.4, 0.5) is 0 Å². The van der Waals surface area contributed by atoms with Gasteiger partial charge in [-0.25, -0.2) is 0 Å². The summed E-state index contributed by atoms with van der Waals surface area (Å²) in [6, 6.07) is 22.9. The number of allylic oxidation sites excluding steroid dienone is 4. The Labute approximate surface area is 223 Å². The minimum Gasteiger partial charge on any atom is -1.00 e. The number of hydrogen-bond donors (Lipinski definition) is 0. The van der Waals surface area contributed by atoms with E-state index < -0.39 is 0 Å². The zero-order valence-corrected chi connectivity index (χ0v) is 22.6. The molecule has 0 saturated heterocycles. The molecule has 2 aliphatic carbocycles. The average Bonchev–Trinajstić information content (AvgIpc) is 3.42. The van der Waals surface area contributed by atoms with Crippen molar-refractivity contribution >= 4 is 24.8 Å². The molecule has 4 aromatic carbocycles. The monoisotopic (exact) mass is 545 g/mol. The van der Waals surface area contributed by atoms with Gasteiger partial charge in [-0.15, -0.1) is 0 Å². The number of hydrogen-bond acceptors (Lipinski definition) is 0. The predicted octanol–water partition coefficient (Wildman–Crippen LogP) is 1.51. The van der Waals surface area contributed by atoms with E-state index in [1.54, 1.807) is 0 Å². The van der Waals surface area contributed by atoms with Gasteiger partial charge in [0.05, 0.1) is 0 Å². The SMILES string of the molecule is CCCCC1=CC(c2cccc3c4c(c5[c]([Zr+2])cccc5c23)Cc2ccccc2-4)C=C1.[Cl-].[Cl-]. The van der Waals surface area contributed by atoms with Gasteiger partial charge in [-0.05, 0) is 0 Å². The molecule has 4 aromatic rings. The van der Waals surface area contributed by atoms with E-state index in [0.717, 1.165) is 6.42 Å². The average molecular weight is 548 g/mol. The predicted molar refractivity (Wildman–Crippen MR) is 129 cm³/mol. The Morgan fingerprint density at radius 3 is 2.52 bits per heavy atom. The fraction of sp³-hybridized carbons (Fsp3) is 0.200. The van der Waals surface area contributed by atoms with Crippen LogP contribution in [-0.4, -0.2) is 0 Å². The molecule has 0 heterocycles. The summed E-state index contributed by atoms with van der Waals surface area (Å²) >= 11 is 1.50. The van der Waals surface area contributed by atoms with Gasteiger partial charge in [-0.3, -0.25) is 0 Å². The van der Waals surface area contributed by atoms with Crippen LogP contribution in [0.3, 0.4) is 0 Å². The Hall–Kier alpha value is -1.66. The van der Waals surface area contributed by atoms with Crippen molar-refractivity contribution in [3.63, 3.8) is 0 Å². The maximum absolute atomic E-state index is 2.50. The molecule has 0 bridgehead atoms. The van der Waals surface area contributed by atoms with Crippen LogP contribution in [-0.2, 0) is 31.1 Å². The zero-order chi connectivity index (χ0) is 20.9. The summed E-state index contributed by atoms with van der Waals surface area (Å²) in [7, 11) is 0. The molecule has 0 amide bonds. The van der Waals surface area contributed by atoms with Crippen LogP contribution in [0.25, 0.3) is 32.7 Å². The van der Waals surface area contributed by atoms with Crippen molar-refractivity contribution in [2.24, 2.45) is 0 Å². The third-order valence-corrected chi connectivity index (χ3v) is 8.07. The smallest absolute Gasteiger partial charge is 1.00 e. The molecule has 33 heavy (non-hydrogen) atoms. The Balaban J connectivity index is 0.00000130. The number of unbranched alkanes of at least 4 members (excludes halogenated alkanes) is 1. The number of benzene rings is 4. The summed E-state index contributed by atoms with van der Waals surface area (Å²) in [6.07, 6.45) is 12.0. The van der Waals surface area contributed by atoms with Gasteiger partial charge < -0.3 is 24.8 Å². The molecule has 6 rings (SSSR count). The van der Waals surface area contributed by atoms with E-state index in [0.29, 0.717) is 5.92 Å². The van der Waals surface area contributed by atoms with E-state index in [-0.39, 0.29) is 24.8 Å². The summed E-state index contributed by atoms with van der Waals surface area (Å²) in [4.78, 5) is 0. The molecule has 3 heteroatoms. The van der Waals surface area contributed by atoms with Crippen molar-refractivity contribution in [2.45, 2.75) is 38.5 Å². The van der Waals surface area contributed by atoms with Crippen LogP contribution in [0.1, 0.15) is 48.8 Å². The van der Waals surface area contributed by atoms with Crippen LogP contribution in [0.2, 0.25) is 0 Å². The van der Waals surface area contributed by atoms with Gasteiger partial charge in [0.25, 0.3) is 0 Å². The van der Waals surface area contributed by atoms with Crippen LogP contribution >= 0.6 is 0 Å². The number of fused-ring (bicyclic) bond motifs is 8. The Morgan fingerprint density at radius 1 is 0.879 bits per heavy atom. The molecule has 1 unspecified atom stereocenters. The third kappa shape index (κ3) is 3.97. The summed E-state index contributed by atoms with van der Waals surface area (Å²) in [5, 5.41) is 5.83. The normalized spacial score (nSPS) is 15.7. The van der Waals surface area contributed by atoms with Gasteiger partial charge in [0.15, 0.2) is 0 Å². The maximum Gasteiger partial charge on any atom is -1.00 e. The van der Waals surface area contributed by atoms with Gasteiger partial charge in [0.2, 0.25) is 0 Å². The van der Waals surface area contributed by atoms with E-state index in [2.05, 4.69) is 85.8 Å². The topological polar surface area (TPSA) is 0 Å². The van der Waals surface area contributed by atoms with E-state index in [4.69, 9.17) is 0 Å². The fourth-order valence-corrected chi connectivity index (χ4v) is 6.57. The van der Waals surface area contributed by atoms with Gasteiger partial charge >= 0.3 is 200 Å². The molecule has 163 valence electrons. The number of halogens is 2. The first kappa shape index (κ1) is 24.5. The molecule has 0 aliphatic heterocycles. The second-order valence-electron chi connectivity index (χ2n) is 8.92. The second kappa shape index (κ2) is 9.91. The maximum atomic E-state index is 2.50. The van der Waals surface area contributed by atoms with Crippen molar-refractivity contribution in [3.8, 4) is 11.1 Å². The number of rotatable bonds is 4. The molecule has 0 spiro atoms. The van der Waals surface area contributed by atoms with Crippen molar-refractivity contribution in [2.75, 3.05) is 0 Å². The van der Waals surface area contributed by atoms with Crippen LogP contribution in [0.5, 0.6) is 0 Å². The molecule has 0 aromatic heterocycles. The molecule has 0 radical (unpaired) electrons. The van der Waals surface area contributed by atoms with Crippen molar-refractivity contribution < 1.29 is 49.5 Å². The molecule has 0 N–H and O–H groups in total. The first-order valence-electron chi connectivity index (χ1n) is 11.4. The molecule has 0 nitrogen and oxygen atoms in total. The van der Waals surface area contributed by atoms with E-state index >= 15 is 0 Å². The minimum absolute atomic E-state index is 0. The third-order valence-electron chi connectivity index (χ3n) is 7.05. The quantitative estimate of drug-likeness (QED) is 0.300. The first-order valence-corrected chi connectivity index (χ1v) is 12.7. The van der Waals surface area contributed by atoms with Crippen LogP contribution < -0.4 is 28.1 Å². The summed E-state index contributed by atoms with van der Waals surface area (Å²) < 4.78 is 1.48. The minimum atomic E-state index is 0. The van der Waals surface area contributed by atoms with Gasteiger partial charge in [-0.2, -0.15) is 0 Å². The van der Waals surface area contributed by atoms with Crippen molar-refractivity contribution in [1.29, 1.82) is 0 Å². The van der Waals surface area contributed by atoms with Gasteiger partial charge in [0.1, 0.15) is 0 Å². The zero-order valence-electron chi connectivity index (χ0n) is 18.7. The summed E-state index contributed by atoms with van der Waals surface area (Å²) in [5.41, 5.74) is 8.88. The van der Waals surface area contributed by atoms with Crippen LogP contribution in [0.15, 0.2) is 84.5 Å². The molecular weight excluding hydrogens is 522 g/mol. The molecule has 2 aliphatic rings. The van der Waals surface area contributed by atoms with E-state index in [1.165, 1.54) is 102 Å². The molecule has 1 atom stereocenters. The molecule has 0 fully saturated rings. The summed E-state index contributed by atoms with van der Waals surface area (Å²) in [5.74, 6) is 0.377. The van der Waals surface area contributed by atoms with Crippen molar-refractivity contribution in [1.82, 2.24) is 0 Å². The van der Waals surface area contributed by atoms with Gasteiger partial charge in [0, 0.05) is 0 Å². The first-order chi connectivity index (χ1) is 15.3.